The molecule has 9 heteroatoms. The number of rotatable bonds is 6. The van der Waals surface area contributed by atoms with E-state index in [0.29, 0.717) is 23.5 Å². The van der Waals surface area contributed by atoms with Gasteiger partial charge in [-0.1, -0.05) is 0 Å². The Kier molecular flexibility index (Phi) is 5.20. The largest absolute Gasteiger partial charge is 0.494 e. The summed E-state index contributed by atoms with van der Waals surface area (Å²) in [6.07, 6.45) is 4.46. The number of benzene rings is 1. The molecule has 3 rings (SSSR count). The van der Waals surface area contributed by atoms with Crippen LogP contribution < -0.4 is 21.1 Å². The Labute approximate surface area is 156 Å². The quantitative estimate of drug-likeness (QED) is 0.643. The lowest BCUT2D eigenvalue weighted by Crippen LogP contribution is -2.30. The van der Waals surface area contributed by atoms with Crippen LogP contribution in [0.5, 0.6) is 5.75 Å². The molecule has 0 bridgehead atoms. The second kappa shape index (κ2) is 7.56. The Balaban J connectivity index is 1.66. The van der Waals surface area contributed by atoms with Crippen LogP contribution in [-0.4, -0.2) is 38.4 Å². The van der Waals surface area contributed by atoms with Gasteiger partial charge in [-0.25, -0.2) is 14.6 Å². The fourth-order valence-corrected chi connectivity index (χ4v) is 3.05. The van der Waals surface area contributed by atoms with E-state index in [9.17, 15) is 9.59 Å². The van der Waals surface area contributed by atoms with Gasteiger partial charge in [0, 0.05) is 45.6 Å². The highest BCUT2D eigenvalue weighted by Gasteiger charge is 2.14. The number of imidazole rings is 2. The first-order chi connectivity index (χ1) is 12.9. The van der Waals surface area contributed by atoms with E-state index in [0.717, 1.165) is 24.3 Å². The molecule has 0 radical (unpaired) electrons. The second-order valence-electron chi connectivity index (χ2n) is 6.34. The van der Waals surface area contributed by atoms with E-state index in [4.69, 9.17) is 4.74 Å². The summed E-state index contributed by atoms with van der Waals surface area (Å²) in [6.45, 7) is 3.25. The third kappa shape index (κ3) is 3.67. The van der Waals surface area contributed by atoms with Crippen molar-refractivity contribution < 1.29 is 9.53 Å². The molecule has 2 N–H and O–H groups in total. The van der Waals surface area contributed by atoms with Gasteiger partial charge in [-0.15, -0.1) is 0 Å². The zero-order chi connectivity index (χ0) is 19.6. The molecule has 0 aliphatic heterocycles. The number of aryl methyl sites for hydroxylation is 4. The Morgan fingerprint density at radius 2 is 1.93 bits per heavy atom. The first kappa shape index (κ1) is 18.6. The average Bonchev–Trinajstić information content (AvgIpc) is 3.15. The van der Waals surface area contributed by atoms with Gasteiger partial charge in [0.05, 0.1) is 23.8 Å². The molecule has 3 aromatic rings. The van der Waals surface area contributed by atoms with Crippen molar-refractivity contribution >= 4 is 22.8 Å². The number of carbonyl (C=O) groups excluding carboxylic acids is 1. The summed E-state index contributed by atoms with van der Waals surface area (Å²) in [5.41, 5.74) is 1.83. The van der Waals surface area contributed by atoms with E-state index in [-0.39, 0.29) is 11.7 Å². The van der Waals surface area contributed by atoms with E-state index >= 15 is 0 Å². The number of urea groups is 1. The number of carbonyl (C=O) groups is 1. The van der Waals surface area contributed by atoms with E-state index < -0.39 is 0 Å². The van der Waals surface area contributed by atoms with Crippen LogP contribution in [0.3, 0.4) is 0 Å². The summed E-state index contributed by atoms with van der Waals surface area (Å²) < 4.78 is 10.5. The van der Waals surface area contributed by atoms with Crippen LogP contribution in [0.25, 0.3) is 11.0 Å². The van der Waals surface area contributed by atoms with Gasteiger partial charge in [0.2, 0.25) is 0 Å². The van der Waals surface area contributed by atoms with Gasteiger partial charge in [-0.05, 0) is 19.4 Å². The number of amides is 2. The summed E-state index contributed by atoms with van der Waals surface area (Å²) in [4.78, 5) is 28.5. The fraction of sp³-hybridized carbons (Fsp3) is 0.389. The lowest BCUT2D eigenvalue weighted by Gasteiger charge is -2.12. The molecule has 1 aromatic carbocycles. The molecule has 0 spiro atoms. The van der Waals surface area contributed by atoms with Crippen molar-refractivity contribution in [1.82, 2.24) is 24.0 Å². The Bertz CT molecular complexity index is 1030. The molecule has 9 nitrogen and oxygen atoms in total. The molecule has 0 saturated heterocycles. The van der Waals surface area contributed by atoms with Crippen LogP contribution in [0.4, 0.5) is 10.5 Å². The van der Waals surface area contributed by atoms with E-state index in [1.807, 2.05) is 17.7 Å². The maximum atomic E-state index is 12.2. The summed E-state index contributed by atoms with van der Waals surface area (Å²) in [5.74, 6) is 1.44. The Morgan fingerprint density at radius 1 is 1.22 bits per heavy atom. The molecule has 0 aliphatic rings. The Morgan fingerprint density at radius 3 is 2.56 bits per heavy atom. The van der Waals surface area contributed by atoms with Crippen molar-refractivity contribution in [2.45, 2.75) is 19.9 Å². The first-order valence-electron chi connectivity index (χ1n) is 8.68. The third-order valence-corrected chi connectivity index (χ3v) is 4.63. The van der Waals surface area contributed by atoms with Crippen LogP contribution in [0.15, 0.2) is 29.3 Å². The van der Waals surface area contributed by atoms with Crippen molar-refractivity contribution in [3.8, 4) is 5.75 Å². The zero-order valence-electron chi connectivity index (χ0n) is 15.9. The van der Waals surface area contributed by atoms with Crippen LogP contribution in [-0.2, 0) is 20.6 Å². The molecular weight excluding hydrogens is 348 g/mol. The number of hydrogen-bond acceptors (Lipinski definition) is 4. The molecule has 2 aromatic heterocycles. The lowest BCUT2D eigenvalue weighted by molar-refractivity contribution is 0.251. The molecule has 2 amide bonds. The monoisotopic (exact) mass is 372 g/mol. The van der Waals surface area contributed by atoms with Crippen molar-refractivity contribution in [2.75, 3.05) is 19.0 Å². The lowest BCUT2D eigenvalue weighted by atomic mass is 10.2. The minimum absolute atomic E-state index is 0.136. The molecular formula is C18H24N6O3. The van der Waals surface area contributed by atoms with Gasteiger partial charge in [0.1, 0.15) is 11.6 Å². The number of fused-ring (bicyclic) bond motifs is 1. The maximum absolute atomic E-state index is 12.2. The highest BCUT2D eigenvalue weighted by atomic mass is 16.5. The summed E-state index contributed by atoms with van der Waals surface area (Å²) in [5, 5.41) is 5.63. The topological polar surface area (TPSA) is 95.1 Å². The minimum atomic E-state index is -0.323. The number of nitrogens with one attached hydrogen (secondary N) is 2. The van der Waals surface area contributed by atoms with Crippen molar-refractivity contribution in [3.05, 3.63) is 40.8 Å². The zero-order valence-corrected chi connectivity index (χ0v) is 15.9. The normalized spacial score (nSPS) is 11.0. The molecule has 2 heterocycles. The number of ether oxygens (including phenoxy) is 1. The molecule has 27 heavy (non-hydrogen) atoms. The molecule has 0 fully saturated rings. The first-order valence-corrected chi connectivity index (χ1v) is 8.68. The van der Waals surface area contributed by atoms with Crippen LogP contribution in [0, 0.1) is 6.92 Å². The van der Waals surface area contributed by atoms with Gasteiger partial charge < -0.3 is 19.9 Å². The number of aromatic nitrogens is 4. The van der Waals surface area contributed by atoms with E-state index in [1.165, 1.54) is 11.7 Å². The summed E-state index contributed by atoms with van der Waals surface area (Å²) >= 11 is 0. The van der Waals surface area contributed by atoms with Crippen molar-refractivity contribution in [2.24, 2.45) is 14.1 Å². The molecule has 0 aliphatic carbocycles. The summed E-state index contributed by atoms with van der Waals surface area (Å²) in [6, 6.07) is 3.16. The van der Waals surface area contributed by atoms with Crippen molar-refractivity contribution in [3.63, 3.8) is 0 Å². The number of methoxy groups -OCH3 is 1. The highest BCUT2D eigenvalue weighted by molar-refractivity contribution is 5.94. The second-order valence-corrected chi connectivity index (χ2v) is 6.34. The predicted octanol–water partition coefficient (Wildman–Crippen LogP) is 1.60. The number of hydrogen-bond donors (Lipinski definition) is 2. The van der Waals surface area contributed by atoms with Crippen LogP contribution >= 0.6 is 0 Å². The van der Waals surface area contributed by atoms with Gasteiger partial charge in [0.25, 0.3) is 0 Å². The molecule has 144 valence electrons. The highest BCUT2D eigenvalue weighted by Crippen LogP contribution is 2.29. The number of anilines is 1. The molecule has 0 unspecified atom stereocenters. The van der Waals surface area contributed by atoms with Gasteiger partial charge >= 0.3 is 11.7 Å². The van der Waals surface area contributed by atoms with Gasteiger partial charge in [-0.2, -0.15) is 0 Å². The van der Waals surface area contributed by atoms with Crippen molar-refractivity contribution in [1.29, 1.82) is 0 Å². The van der Waals surface area contributed by atoms with Gasteiger partial charge in [-0.3, -0.25) is 9.13 Å². The smallest absolute Gasteiger partial charge is 0.328 e. The van der Waals surface area contributed by atoms with E-state index in [2.05, 4.69) is 15.6 Å². The van der Waals surface area contributed by atoms with Crippen LogP contribution in [0.1, 0.15) is 12.2 Å². The Hall–Kier alpha value is -3.23. The number of nitrogens with zero attached hydrogens (tertiary/aromatic N) is 4. The average molecular weight is 372 g/mol. The maximum Gasteiger partial charge on any atom is 0.328 e. The summed E-state index contributed by atoms with van der Waals surface area (Å²) in [7, 11) is 4.92. The minimum Gasteiger partial charge on any atom is -0.494 e. The fourth-order valence-electron chi connectivity index (χ4n) is 3.05. The SMILES string of the molecule is COc1cc2c(cc1NC(=O)NCCCn1ccnc1C)n(C)c(=O)n2C. The third-order valence-electron chi connectivity index (χ3n) is 4.63. The predicted molar refractivity (Wildman–Crippen MR) is 103 cm³/mol. The van der Waals surface area contributed by atoms with E-state index in [1.54, 1.807) is 37.0 Å². The van der Waals surface area contributed by atoms with Gasteiger partial charge in [0.15, 0.2) is 0 Å². The molecule has 0 atom stereocenters. The van der Waals surface area contributed by atoms with Crippen LogP contribution in [0.2, 0.25) is 0 Å². The molecule has 0 saturated carbocycles. The standard InChI is InChI=1S/C18H24N6O3/c1-12-19-7-9-24(12)8-5-6-20-17(25)21-13-10-14-15(11-16(13)27-4)23(3)18(26)22(14)2/h7,9-11H,5-6,8H2,1-4H3,(H2,20,21,25).